The van der Waals surface area contributed by atoms with Crippen LogP contribution in [-0.2, 0) is 0 Å². The van der Waals surface area contributed by atoms with Crippen molar-refractivity contribution in [3.8, 4) is 17.2 Å². The third-order valence-electron chi connectivity index (χ3n) is 3.51. The molecule has 21 heavy (non-hydrogen) atoms. The summed E-state index contributed by atoms with van der Waals surface area (Å²) in [5.41, 5.74) is 0.163. The van der Waals surface area contributed by atoms with Crippen molar-refractivity contribution in [3.05, 3.63) is 17.7 Å². The van der Waals surface area contributed by atoms with Crippen molar-refractivity contribution in [1.29, 1.82) is 0 Å². The topological polar surface area (TPSA) is 81.0 Å². The number of amides is 1. The van der Waals surface area contributed by atoms with Gasteiger partial charge in [-0.2, -0.15) is 0 Å². The number of hydrogen-bond acceptors (Lipinski definition) is 4. The maximum Gasteiger partial charge on any atom is 0.253 e. The van der Waals surface area contributed by atoms with Crippen LogP contribution in [0, 0.1) is 0 Å². The minimum absolute atomic E-state index is 0.163. The Morgan fingerprint density at radius 3 is 2.10 bits per heavy atom. The van der Waals surface area contributed by atoms with E-state index in [2.05, 4.69) is 6.92 Å². The number of rotatable bonds is 8. The Balaban J connectivity index is 2.47. The number of aromatic hydroxyl groups is 3. The first-order chi connectivity index (χ1) is 9.97. The lowest BCUT2D eigenvalue weighted by molar-refractivity contribution is 0.0791. The highest BCUT2D eigenvalue weighted by Crippen LogP contribution is 2.35. The molecule has 0 fully saturated rings. The average molecular weight is 295 g/mol. The third-order valence-corrected chi connectivity index (χ3v) is 3.51. The molecule has 0 saturated heterocycles. The van der Waals surface area contributed by atoms with E-state index >= 15 is 0 Å². The van der Waals surface area contributed by atoms with E-state index in [9.17, 15) is 20.1 Å². The molecule has 0 radical (unpaired) electrons. The van der Waals surface area contributed by atoms with Crippen molar-refractivity contribution < 1.29 is 20.1 Å². The average Bonchev–Trinajstić information content (AvgIpc) is 2.46. The van der Waals surface area contributed by atoms with Crippen LogP contribution in [0.1, 0.15) is 55.8 Å². The zero-order valence-electron chi connectivity index (χ0n) is 12.8. The Labute approximate surface area is 125 Å². The Hall–Kier alpha value is -1.91. The molecule has 1 rings (SSSR count). The second-order valence-electron chi connectivity index (χ2n) is 5.36. The quantitative estimate of drug-likeness (QED) is 0.508. The molecule has 0 aliphatic heterocycles. The summed E-state index contributed by atoms with van der Waals surface area (Å²) in [7, 11) is 1.69. The van der Waals surface area contributed by atoms with Crippen LogP contribution < -0.4 is 0 Å². The number of hydrogen-bond donors (Lipinski definition) is 3. The number of carbonyl (C=O) groups excluding carboxylic acids is 1. The number of phenols is 3. The molecule has 118 valence electrons. The van der Waals surface area contributed by atoms with E-state index in [4.69, 9.17) is 0 Å². The van der Waals surface area contributed by atoms with E-state index in [1.165, 1.54) is 25.7 Å². The molecule has 0 bridgehead atoms. The van der Waals surface area contributed by atoms with Crippen LogP contribution in [0.2, 0.25) is 0 Å². The maximum atomic E-state index is 12.1. The second kappa shape index (κ2) is 8.39. The van der Waals surface area contributed by atoms with Gasteiger partial charge in [-0.25, -0.2) is 0 Å². The second-order valence-corrected chi connectivity index (χ2v) is 5.36. The highest BCUT2D eigenvalue weighted by atomic mass is 16.3. The Kier molecular flexibility index (Phi) is 6.85. The number of carbonyl (C=O) groups is 1. The van der Waals surface area contributed by atoms with Crippen LogP contribution in [-0.4, -0.2) is 39.7 Å². The largest absolute Gasteiger partial charge is 0.504 e. The molecule has 5 heteroatoms. The summed E-state index contributed by atoms with van der Waals surface area (Å²) < 4.78 is 0. The molecule has 0 saturated carbocycles. The molecule has 0 aliphatic carbocycles. The molecule has 0 atom stereocenters. The van der Waals surface area contributed by atoms with E-state index in [0.29, 0.717) is 6.54 Å². The summed E-state index contributed by atoms with van der Waals surface area (Å²) in [6.07, 6.45) is 6.89. The lowest BCUT2D eigenvalue weighted by Crippen LogP contribution is -2.27. The Morgan fingerprint density at radius 1 is 1.00 bits per heavy atom. The first kappa shape index (κ1) is 17.1. The number of benzene rings is 1. The van der Waals surface area contributed by atoms with Crippen LogP contribution >= 0.6 is 0 Å². The third kappa shape index (κ3) is 5.17. The number of phenolic OH excluding ortho intramolecular Hbond substituents is 3. The molecule has 1 aromatic carbocycles. The van der Waals surface area contributed by atoms with Gasteiger partial charge in [0.25, 0.3) is 5.91 Å². The zero-order chi connectivity index (χ0) is 15.8. The highest BCUT2D eigenvalue weighted by molar-refractivity contribution is 5.95. The van der Waals surface area contributed by atoms with Crippen molar-refractivity contribution in [2.45, 2.75) is 45.4 Å². The summed E-state index contributed by atoms with van der Waals surface area (Å²) in [6, 6.07) is 2.32. The van der Waals surface area contributed by atoms with Crippen LogP contribution in [0.3, 0.4) is 0 Å². The first-order valence-corrected chi connectivity index (χ1v) is 7.47. The molecule has 5 nitrogen and oxygen atoms in total. The van der Waals surface area contributed by atoms with E-state index in [0.717, 1.165) is 25.0 Å². The number of unbranched alkanes of at least 4 members (excludes halogenated alkanes) is 5. The molecular weight excluding hydrogens is 270 g/mol. The van der Waals surface area contributed by atoms with Gasteiger partial charge < -0.3 is 20.2 Å². The summed E-state index contributed by atoms with van der Waals surface area (Å²) in [5, 5.41) is 28.1. The molecule has 0 spiro atoms. The van der Waals surface area contributed by atoms with Gasteiger partial charge in [0.05, 0.1) is 0 Å². The van der Waals surface area contributed by atoms with E-state index < -0.39 is 17.2 Å². The van der Waals surface area contributed by atoms with E-state index in [1.54, 1.807) is 11.9 Å². The van der Waals surface area contributed by atoms with Crippen LogP contribution in [0.4, 0.5) is 0 Å². The van der Waals surface area contributed by atoms with Crippen LogP contribution in [0.25, 0.3) is 0 Å². The Bertz CT molecular complexity index is 450. The first-order valence-electron chi connectivity index (χ1n) is 7.47. The van der Waals surface area contributed by atoms with Gasteiger partial charge in [0.1, 0.15) is 0 Å². The van der Waals surface area contributed by atoms with Gasteiger partial charge in [0, 0.05) is 19.2 Å². The SMILES string of the molecule is CCCCCCCCN(C)C(=O)c1cc(O)c(O)c(O)c1. The summed E-state index contributed by atoms with van der Waals surface area (Å²) >= 11 is 0. The molecule has 0 unspecified atom stereocenters. The van der Waals surface area contributed by atoms with Crippen molar-refractivity contribution in [1.82, 2.24) is 4.90 Å². The van der Waals surface area contributed by atoms with E-state index in [-0.39, 0.29) is 11.5 Å². The van der Waals surface area contributed by atoms with Crippen molar-refractivity contribution in [3.63, 3.8) is 0 Å². The van der Waals surface area contributed by atoms with Gasteiger partial charge in [0.15, 0.2) is 17.2 Å². The molecular formula is C16H25NO4. The van der Waals surface area contributed by atoms with Gasteiger partial charge in [0.2, 0.25) is 0 Å². The van der Waals surface area contributed by atoms with Crippen molar-refractivity contribution >= 4 is 5.91 Å². The Morgan fingerprint density at radius 2 is 1.52 bits per heavy atom. The standard InChI is InChI=1S/C16H25NO4/c1-3-4-5-6-7-8-9-17(2)16(21)12-10-13(18)15(20)14(19)11-12/h10-11,18-20H,3-9H2,1-2H3. The molecule has 1 amide bonds. The highest BCUT2D eigenvalue weighted by Gasteiger charge is 2.16. The van der Waals surface area contributed by atoms with Crippen LogP contribution in [0.15, 0.2) is 12.1 Å². The molecule has 3 N–H and O–H groups in total. The smallest absolute Gasteiger partial charge is 0.253 e. The fourth-order valence-electron chi connectivity index (χ4n) is 2.18. The summed E-state index contributed by atoms with van der Waals surface area (Å²) in [5.74, 6) is -1.88. The monoisotopic (exact) mass is 295 g/mol. The van der Waals surface area contributed by atoms with Gasteiger partial charge in [-0.05, 0) is 18.6 Å². The maximum absolute atomic E-state index is 12.1. The van der Waals surface area contributed by atoms with Crippen molar-refractivity contribution in [2.24, 2.45) is 0 Å². The lowest BCUT2D eigenvalue weighted by atomic mass is 10.1. The van der Waals surface area contributed by atoms with Gasteiger partial charge in [-0.3, -0.25) is 4.79 Å². The van der Waals surface area contributed by atoms with Gasteiger partial charge in [-0.1, -0.05) is 39.0 Å². The predicted molar refractivity (Wildman–Crippen MR) is 81.8 cm³/mol. The van der Waals surface area contributed by atoms with Crippen LogP contribution in [0.5, 0.6) is 17.2 Å². The minimum Gasteiger partial charge on any atom is -0.504 e. The zero-order valence-corrected chi connectivity index (χ0v) is 12.8. The molecule has 0 aromatic heterocycles. The van der Waals surface area contributed by atoms with Gasteiger partial charge in [-0.15, -0.1) is 0 Å². The fraction of sp³-hybridized carbons (Fsp3) is 0.562. The lowest BCUT2D eigenvalue weighted by Gasteiger charge is -2.17. The van der Waals surface area contributed by atoms with Crippen molar-refractivity contribution in [2.75, 3.05) is 13.6 Å². The molecule has 0 aliphatic rings. The predicted octanol–water partition coefficient (Wildman–Crippen LogP) is 3.24. The normalized spacial score (nSPS) is 10.6. The molecule has 1 aromatic rings. The van der Waals surface area contributed by atoms with E-state index in [1.807, 2.05) is 0 Å². The summed E-state index contributed by atoms with van der Waals surface area (Å²) in [4.78, 5) is 13.7. The number of nitrogens with zero attached hydrogens (tertiary/aromatic N) is 1. The molecule has 0 heterocycles. The van der Waals surface area contributed by atoms with Gasteiger partial charge >= 0.3 is 0 Å². The minimum atomic E-state index is -0.606. The fourth-order valence-corrected chi connectivity index (χ4v) is 2.18. The summed E-state index contributed by atoms with van der Waals surface area (Å²) in [6.45, 7) is 2.81.